The molecule has 0 saturated carbocycles. The second-order valence-corrected chi connectivity index (χ2v) is 2.44. The van der Waals surface area contributed by atoms with Gasteiger partial charge < -0.3 is 4.74 Å². The van der Waals surface area contributed by atoms with Gasteiger partial charge in [0.25, 0.3) is 0 Å². The predicted octanol–water partition coefficient (Wildman–Crippen LogP) is 2.01. The molecule has 0 amide bonds. The number of ether oxygens (including phenoxy) is 1. The van der Waals surface area contributed by atoms with Crippen molar-refractivity contribution in [2.45, 2.75) is 6.92 Å². The molecule has 0 saturated heterocycles. The minimum Gasteiger partial charge on any atom is -0.494 e. The molecule has 0 N–H and O–H groups in total. The molecule has 0 unspecified atom stereocenters. The molecule has 3 heteroatoms. The summed E-state index contributed by atoms with van der Waals surface area (Å²) in [7, 11) is 1.37. The smallest absolute Gasteiger partial charge is 0.182 e. The molecule has 0 radical (unpaired) electrons. The standard InChI is InChI=1S/C9H8FNO/c1-6-3-7(5-11)9(10)8(4-6)12-2/h3-4H,1-2H3. The van der Waals surface area contributed by atoms with Crippen molar-refractivity contribution >= 4 is 0 Å². The Labute approximate surface area is 70.2 Å². The van der Waals surface area contributed by atoms with Gasteiger partial charge in [-0.15, -0.1) is 0 Å². The van der Waals surface area contributed by atoms with Crippen LogP contribution in [0.1, 0.15) is 11.1 Å². The minimum absolute atomic E-state index is 0.0202. The van der Waals surface area contributed by atoms with Crippen LogP contribution in [0, 0.1) is 24.1 Å². The van der Waals surface area contributed by atoms with E-state index in [1.165, 1.54) is 13.2 Å². The fourth-order valence-electron chi connectivity index (χ4n) is 0.965. The van der Waals surface area contributed by atoms with Crippen LogP contribution in [-0.2, 0) is 0 Å². The second-order valence-electron chi connectivity index (χ2n) is 2.44. The van der Waals surface area contributed by atoms with Gasteiger partial charge in [0, 0.05) is 0 Å². The van der Waals surface area contributed by atoms with Gasteiger partial charge in [0.05, 0.1) is 12.7 Å². The Morgan fingerprint density at radius 2 is 2.17 bits per heavy atom. The van der Waals surface area contributed by atoms with E-state index in [-0.39, 0.29) is 11.3 Å². The van der Waals surface area contributed by atoms with E-state index in [9.17, 15) is 4.39 Å². The number of aryl methyl sites for hydroxylation is 1. The average molecular weight is 165 g/mol. The number of benzene rings is 1. The Balaban J connectivity index is 3.34. The van der Waals surface area contributed by atoms with E-state index in [1.54, 1.807) is 19.1 Å². The van der Waals surface area contributed by atoms with Gasteiger partial charge >= 0.3 is 0 Å². The zero-order chi connectivity index (χ0) is 9.14. The number of methoxy groups -OCH3 is 1. The highest BCUT2D eigenvalue weighted by Crippen LogP contribution is 2.21. The number of rotatable bonds is 1. The highest BCUT2D eigenvalue weighted by atomic mass is 19.1. The molecule has 1 rings (SSSR count). The Morgan fingerprint density at radius 1 is 1.50 bits per heavy atom. The summed E-state index contributed by atoms with van der Waals surface area (Å²) in [5, 5.41) is 8.52. The molecule has 0 atom stereocenters. The van der Waals surface area contributed by atoms with Crippen LogP contribution < -0.4 is 4.74 Å². The first-order valence-corrected chi connectivity index (χ1v) is 3.43. The maximum atomic E-state index is 13.1. The van der Waals surface area contributed by atoms with Crippen LogP contribution in [0.25, 0.3) is 0 Å². The maximum Gasteiger partial charge on any atom is 0.182 e. The lowest BCUT2D eigenvalue weighted by Gasteiger charge is -2.03. The number of hydrogen-bond donors (Lipinski definition) is 0. The fourth-order valence-corrected chi connectivity index (χ4v) is 0.965. The Morgan fingerprint density at radius 3 is 2.67 bits per heavy atom. The van der Waals surface area contributed by atoms with Crippen molar-refractivity contribution in [3.8, 4) is 11.8 Å². The molecular formula is C9H8FNO. The maximum absolute atomic E-state index is 13.1. The minimum atomic E-state index is -0.592. The Bertz CT molecular complexity index is 341. The molecule has 12 heavy (non-hydrogen) atoms. The topological polar surface area (TPSA) is 33.0 Å². The van der Waals surface area contributed by atoms with Gasteiger partial charge in [-0.1, -0.05) is 0 Å². The third kappa shape index (κ3) is 1.37. The van der Waals surface area contributed by atoms with E-state index >= 15 is 0 Å². The van der Waals surface area contributed by atoms with Crippen molar-refractivity contribution in [2.75, 3.05) is 7.11 Å². The third-order valence-electron chi connectivity index (χ3n) is 1.52. The van der Waals surface area contributed by atoms with Crippen LogP contribution >= 0.6 is 0 Å². The van der Waals surface area contributed by atoms with E-state index < -0.39 is 5.82 Å². The van der Waals surface area contributed by atoms with Crippen molar-refractivity contribution in [1.82, 2.24) is 0 Å². The van der Waals surface area contributed by atoms with E-state index in [0.717, 1.165) is 5.56 Å². The largest absolute Gasteiger partial charge is 0.494 e. The molecule has 1 aromatic rings. The molecule has 0 aliphatic heterocycles. The normalized spacial score (nSPS) is 9.17. The quantitative estimate of drug-likeness (QED) is 0.637. The summed E-state index contributed by atoms with van der Waals surface area (Å²) in [6, 6.07) is 4.79. The number of nitriles is 1. The first kappa shape index (κ1) is 8.54. The number of hydrogen-bond acceptors (Lipinski definition) is 2. The Hall–Kier alpha value is -1.56. The van der Waals surface area contributed by atoms with E-state index in [0.29, 0.717) is 0 Å². The molecule has 0 heterocycles. The van der Waals surface area contributed by atoms with Gasteiger partial charge in [-0.25, -0.2) is 4.39 Å². The van der Waals surface area contributed by atoms with Crippen LogP contribution in [0.4, 0.5) is 4.39 Å². The third-order valence-corrected chi connectivity index (χ3v) is 1.52. The van der Waals surface area contributed by atoms with Crippen LogP contribution in [0.3, 0.4) is 0 Å². The lowest BCUT2D eigenvalue weighted by molar-refractivity contribution is 0.385. The summed E-state index contributed by atoms with van der Waals surface area (Å²) in [4.78, 5) is 0. The van der Waals surface area contributed by atoms with E-state index in [2.05, 4.69) is 0 Å². The predicted molar refractivity (Wildman–Crippen MR) is 42.4 cm³/mol. The molecule has 0 aliphatic rings. The van der Waals surface area contributed by atoms with Gasteiger partial charge in [0.15, 0.2) is 11.6 Å². The first-order chi connectivity index (χ1) is 5.69. The molecule has 0 aliphatic carbocycles. The lowest BCUT2D eigenvalue weighted by Crippen LogP contribution is -1.92. The summed E-state index contributed by atoms with van der Waals surface area (Å²) in [6.07, 6.45) is 0. The molecule has 62 valence electrons. The van der Waals surface area contributed by atoms with Crippen molar-refractivity contribution < 1.29 is 9.13 Å². The van der Waals surface area contributed by atoms with Crippen LogP contribution in [0.15, 0.2) is 12.1 Å². The Kier molecular flexibility index (Phi) is 2.29. The average Bonchev–Trinajstić information content (AvgIpc) is 2.08. The SMILES string of the molecule is COc1cc(C)cc(C#N)c1F. The van der Waals surface area contributed by atoms with Gasteiger partial charge in [-0.3, -0.25) is 0 Å². The van der Waals surface area contributed by atoms with Gasteiger partial charge in [0.2, 0.25) is 0 Å². The van der Waals surface area contributed by atoms with Crippen LogP contribution in [0.2, 0.25) is 0 Å². The zero-order valence-electron chi connectivity index (χ0n) is 6.89. The molecule has 2 nitrogen and oxygen atoms in total. The van der Waals surface area contributed by atoms with E-state index in [1.807, 2.05) is 0 Å². The summed E-state index contributed by atoms with van der Waals surface area (Å²) < 4.78 is 17.8. The van der Waals surface area contributed by atoms with Crippen molar-refractivity contribution in [1.29, 1.82) is 5.26 Å². The second kappa shape index (κ2) is 3.22. The summed E-state index contributed by atoms with van der Waals surface area (Å²) in [6.45, 7) is 1.78. The monoisotopic (exact) mass is 165 g/mol. The van der Waals surface area contributed by atoms with Crippen molar-refractivity contribution in [3.05, 3.63) is 29.1 Å². The summed E-state index contributed by atoms with van der Waals surface area (Å²) in [5.74, 6) is -0.475. The fraction of sp³-hybridized carbons (Fsp3) is 0.222. The molecule has 0 bridgehead atoms. The molecule has 0 spiro atoms. The highest BCUT2D eigenvalue weighted by Gasteiger charge is 2.08. The van der Waals surface area contributed by atoms with Crippen molar-refractivity contribution in [3.63, 3.8) is 0 Å². The molecule has 0 fully saturated rings. The number of halogens is 1. The molecular weight excluding hydrogens is 157 g/mol. The lowest BCUT2D eigenvalue weighted by atomic mass is 10.1. The molecule has 0 aromatic heterocycles. The molecule has 1 aromatic carbocycles. The van der Waals surface area contributed by atoms with Gasteiger partial charge in [-0.2, -0.15) is 5.26 Å². The zero-order valence-corrected chi connectivity index (χ0v) is 6.89. The summed E-state index contributed by atoms with van der Waals surface area (Å²) in [5.41, 5.74) is 0.830. The highest BCUT2D eigenvalue weighted by molar-refractivity contribution is 5.42. The van der Waals surface area contributed by atoms with E-state index in [4.69, 9.17) is 10.00 Å². The van der Waals surface area contributed by atoms with Gasteiger partial charge in [0.1, 0.15) is 6.07 Å². The van der Waals surface area contributed by atoms with Crippen molar-refractivity contribution in [2.24, 2.45) is 0 Å². The van der Waals surface area contributed by atoms with Gasteiger partial charge in [-0.05, 0) is 24.6 Å². The first-order valence-electron chi connectivity index (χ1n) is 3.43. The van der Waals surface area contributed by atoms with Crippen LogP contribution in [-0.4, -0.2) is 7.11 Å². The van der Waals surface area contributed by atoms with Crippen LogP contribution in [0.5, 0.6) is 5.75 Å². The summed E-state index contributed by atoms with van der Waals surface area (Å²) >= 11 is 0. The number of nitrogens with zero attached hydrogens (tertiary/aromatic N) is 1.